The highest BCUT2D eigenvalue weighted by Crippen LogP contribution is 2.16. The highest BCUT2D eigenvalue weighted by Gasteiger charge is 1.95. The zero-order valence-corrected chi connectivity index (χ0v) is 9.46. The Labute approximate surface area is 87.1 Å². The summed E-state index contributed by atoms with van der Waals surface area (Å²) < 4.78 is 2.43. The molecule has 10 heavy (non-hydrogen) atoms. The van der Waals surface area contributed by atoms with Crippen LogP contribution in [0.2, 0.25) is 0 Å². The van der Waals surface area contributed by atoms with E-state index in [1.54, 1.807) is 0 Å². The Bertz CT molecular complexity index is 235. The van der Waals surface area contributed by atoms with Gasteiger partial charge in [-0.2, -0.15) is 0 Å². The molecule has 0 aliphatic heterocycles. The van der Waals surface area contributed by atoms with Crippen LogP contribution in [0, 0.1) is 7.14 Å². The predicted octanol–water partition coefficient (Wildman–Crippen LogP) is 2.39. The minimum absolute atomic E-state index is 0.132. The number of aliphatic hydroxyl groups is 1. The van der Waals surface area contributed by atoms with Crippen molar-refractivity contribution in [2.45, 2.75) is 6.61 Å². The molecule has 0 fully saturated rings. The van der Waals surface area contributed by atoms with E-state index < -0.39 is 0 Å². The summed E-state index contributed by atoms with van der Waals surface area (Å²) in [4.78, 5) is 0. The maximum absolute atomic E-state index is 8.75. The zero-order chi connectivity index (χ0) is 7.56. The van der Waals surface area contributed by atoms with Crippen LogP contribution in [0.3, 0.4) is 0 Å². The van der Waals surface area contributed by atoms with Crippen molar-refractivity contribution in [3.05, 3.63) is 30.9 Å². The quantitative estimate of drug-likeness (QED) is 0.763. The van der Waals surface area contributed by atoms with Crippen LogP contribution in [-0.2, 0) is 6.61 Å². The summed E-state index contributed by atoms with van der Waals surface area (Å²) in [5, 5.41) is 8.75. The smallest absolute Gasteiger partial charge is 0.0682 e. The highest BCUT2D eigenvalue weighted by molar-refractivity contribution is 14.1. The van der Waals surface area contributed by atoms with Crippen LogP contribution in [-0.4, -0.2) is 5.11 Å². The second kappa shape index (κ2) is 3.87. The van der Waals surface area contributed by atoms with Crippen LogP contribution in [0.5, 0.6) is 0 Å². The minimum Gasteiger partial charge on any atom is -0.392 e. The third-order valence-corrected chi connectivity index (χ3v) is 4.03. The molecule has 0 aromatic heterocycles. The molecule has 0 aliphatic rings. The van der Waals surface area contributed by atoms with Gasteiger partial charge in [-0.3, -0.25) is 0 Å². The van der Waals surface area contributed by atoms with Gasteiger partial charge in [-0.15, -0.1) is 0 Å². The van der Waals surface area contributed by atoms with E-state index in [9.17, 15) is 0 Å². The lowest BCUT2D eigenvalue weighted by Gasteiger charge is -1.98. The fourth-order valence-corrected chi connectivity index (χ4v) is 1.55. The fraction of sp³-hybridized carbons (Fsp3) is 0.143. The highest BCUT2D eigenvalue weighted by atomic mass is 127. The average molecular weight is 360 g/mol. The lowest BCUT2D eigenvalue weighted by atomic mass is 10.2. The number of hydrogen-bond acceptors (Lipinski definition) is 1. The molecule has 0 amide bonds. The number of aliphatic hydroxyl groups excluding tert-OH is 1. The van der Waals surface area contributed by atoms with Gasteiger partial charge >= 0.3 is 0 Å². The van der Waals surface area contributed by atoms with E-state index in [1.165, 1.54) is 7.14 Å². The maximum atomic E-state index is 8.75. The monoisotopic (exact) mass is 360 g/mol. The maximum Gasteiger partial charge on any atom is 0.0682 e. The first-order valence-corrected chi connectivity index (χ1v) is 4.94. The Kier molecular flexibility index (Phi) is 3.38. The summed E-state index contributed by atoms with van der Waals surface area (Å²) in [5.74, 6) is 0. The number of rotatable bonds is 1. The van der Waals surface area contributed by atoms with Crippen molar-refractivity contribution in [2.75, 3.05) is 0 Å². The fourth-order valence-electron chi connectivity index (χ4n) is 0.638. The van der Waals surface area contributed by atoms with E-state index in [1.807, 2.05) is 18.2 Å². The van der Waals surface area contributed by atoms with E-state index in [-0.39, 0.29) is 6.61 Å². The van der Waals surface area contributed by atoms with Crippen molar-refractivity contribution in [2.24, 2.45) is 0 Å². The molecule has 0 spiro atoms. The van der Waals surface area contributed by atoms with Crippen molar-refractivity contribution in [3.63, 3.8) is 0 Å². The summed E-state index contributed by atoms with van der Waals surface area (Å²) in [6.07, 6.45) is 0. The molecule has 0 atom stereocenters. The van der Waals surface area contributed by atoms with E-state index in [0.717, 1.165) is 5.56 Å². The second-order valence-corrected chi connectivity index (χ2v) is 4.23. The first-order valence-electron chi connectivity index (χ1n) is 2.79. The van der Waals surface area contributed by atoms with Crippen molar-refractivity contribution in [3.8, 4) is 0 Å². The van der Waals surface area contributed by atoms with Crippen molar-refractivity contribution in [1.29, 1.82) is 0 Å². The summed E-state index contributed by atoms with van der Waals surface area (Å²) in [5.41, 5.74) is 0.977. The molecule has 3 heteroatoms. The van der Waals surface area contributed by atoms with Gasteiger partial charge in [0.1, 0.15) is 0 Å². The van der Waals surface area contributed by atoms with E-state index in [2.05, 4.69) is 45.2 Å². The van der Waals surface area contributed by atoms with Gasteiger partial charge in [-0.1, -0.05) is 6.07 Å². The summed E-state index contributed by atoms with van der Waals surface area (Å²) in [6, 6.07) is 5.93. The third kappa shape index (κ3) is 2.06. The SMILES string of the molecule is OCc1ccc(I)c(I)c1. The van der Waals surface area contributed by atoms with E-state index in [0.29, 0.717) is 0 Å². The molecule has 0 aliphatic carbocycles. The van der Waals surface area contributed by atoms with Crippen LogP contribution in [0.1, 0.15) is 5.56 Å². The Morgan fingerprint density at radius 1 is 1.20 bits per heavy atom. The number of halogens is 2. The normalized spacial score (nSPS) is 9.90. The Morgan fingerprint density at radius 3 is 2.40 bits per heavy atom. The van der Waals surface area contributed by atoms with Gasteiger partial charge < -0.3 is 5.11 Å². The summed E-state index contributed by atoms with van der Waals surface area (Å²) in [6.45, 7) is 0.132. The van der Waals surface area contributed by atoms with Crippen LogP contribution < -0.4 is 0 Å². The summed E-state index contributed by atoms with van der Waals surface area (Å²) >= 11 is 4.52. The molecule has 0 radical (unpaired) electrons. The van der Waals surface area contributed by atoms with E-state index in [4.69, 9.17) is 5.11 Å². The van der Waals surface area contributed by atoms with Gasteiger partial charge in [0.2, 0.25) is 0 Å². The molecule has 1 aromatic carbocycles. The van der Waals surface area contributed by atoms with Gasteiger partial charge in [-0.05, 0) is 62.9 Å². The van der Waals surface area contributed by atoms with Crippen molar-refractivity contribution < 1.29 is 5.11 Å². The van der Waals surface area contributed by atoms with Gasteiger partial charge in [0.25, 0.3) is 0 Å². The number of hydrogen-bond donors (Lipinski definition) is 1. The van der Waals surface area contributed by atoms with Crippen LogP contribution in [0.4, 0.5) is 0 Å². The molecule has 0 bridgehead atoms. The van der Waals surface area contributed by atoms with Crippen molar-refractivity contribution >= 4 is 45.2 Å². The van der Waals surface area contributed by atoms with Crippen LogP contribution >= 0.6 is 45.2 Å². The van der Waals surface area contributed by atoms with Gasteiger partial charge in [-0.25, -0.2) is 0 Å². The van der Waals surface area contributed by atoms with Crippen LogP contribution in [0.15, 0.2) is 18.2 Å². The Balaban J connectivity index is 3.04. The van der Waals surface area contributed by atoms with Crippen molar-refractivity contribution in [1.82, 2.24) is 0 Å². The zero-order valence-electron chi connectivity index (χ0n) is 5.14. The Hall–Kier alpha value is 0.640. The molecule has 0 unspecified atom stereocenters. The predicted molar refractivity (Wildman–Crippen MR) is 57.8 cm³/mol. The summed E-state index contributed by atoms with van der Waals surface area (Å²) in [7, 11) is 0. The number of benzene rings is 1. The lowest BCUT2D eigenvalue weighted by Crippen LogP contribution is -1.85. The third-order valence-electron chi connectivity index (χ3n) is 1.17. The largest absolute Gasteiger partial charge is 0.392 e. The minimum atomic E-state index is 0.132. The second-order valence-electron chi connectivity index (χ2n) is 1.91. The molecule has 0 saturated heterocycles. The van der Waals surface area contributed by atoms with E-state index >= 15 is 0 Å². The molecule has 1 rings (SSSR count). The lowest BCUT2D eigenvalue weighted by molar-refractivity contribution is 0.281. The average Bonchev–Trinajstić information content (AvgIpc) is 1.95. The van der Waals surface area contributed by atoms with Gasteiger partial charge in [0.15, 0.2) is 0 Å². The van der Waals surface area contributed by atoms with Gasteiger partial charge in [0, 0.05) is 7.14 Å². The molecular weight excluding hydrogens is 354 g/mol. The molecule has 1 aromatic rings. The standard InChI is InChI=1S/C7H6I2O/c8-6-2-1-5(4-10)3-7(6)9/h1-3,10H,4H2. The Morgan fingerprint density at radius 2 is 1.90 bits per heavy atom. The van der Waals surface area contributed by atoms with Crippen LogP contribution in [0.25, 0.3) is 0 Å². The molecule has 1 N–H and O–H groups in total. The molecule has 54 valence electrons. The first kappa shape index (κ1) is 8.73. The molecule has 0 saturated carbocycles. The molecular formula is C7H6I2O. The molecule has 1 nitrogen and oxygen atoms in total. The first-order chi connectivity index (χ1) is 4.74. The molecule has 0 heterocycles. The van der Waals surface area contributed by atoms with Gasteiger partial charge in [0.05, 0.1) is 6.61 Å². The topological polar surface area (TPSA) is 20.2 Å².